The van der Waals surface area contributed by atoms with Crippen molar-refractivity contribution in [3.8, 4) is 11.5 Å². The van der Waals surface area contributed by atoms with Gasteiger partial charge < -0.3 is 9.47 Å². The number of esters is 1. The van der Waals surface area contributed by atoms with Crippen LogP contribution < -0.4 is 9.47 Å². The Balaban J connectivity index is 2.62. The third kappa shape index (κ3) is 0.794. The van der Waals surface area contributed by atoms with Gasteiger partial charge in [0.05, 0.1) is 12.7 Å². The quantitative estimate of drug-likeness (QED) is 0.590. The van der Waals surface area contributed by atoms with Gasteiger partial charge in [-0.05, 0) is 24.6 Å². The Morgan fingerprint density at radius 3 is 2.83 bits per heavy atom. The highest BCUT2D eigenvalue weighted by molar-refractivity contribution is 5.97. The molecular formula is C9H8O3. The van der Waals surface area contributed by atoms with Crippen LogP contribution >= 0.6 is 0 Å². The first-order valence-corrected chi connectivity index (χ1v) is 3.63. The fraction of sp³-hybridized carbons (Fsp3) is 0.222. The van der Waals surface area contributed by atoms with E-state index in [1.807, 2.05) is 6.92 Å². The maximum absolute atomic E-state index is 11.1. The first kappa shape index (κ1) is 7.16. The molecule has 1 aliphatic heterocycles. The van der Waals surface area contributed by atoms with Crippen molar-refractivity contribution in [2.45, 2.75) is 6.92 Å². The number of ether oxygens (including phenoxy) is 2. The van der Waals surface area contributed by atoms with Crippen LogP contribution in [0.25, 0.3) is 0 Å². The number of rotatable bonds is 1. The molecule has 62 valence electrons. The zero-order chi connectivity index (χ0) is 8.72. The number of aryl methyl sites for hydroxylation is 1. The van der Waals surface area contributed by atoms with Crippen LogP contribution in [0, 0.1) is 6.92 Å². The van der Waals surface area contributed by atoms with Gasteiger partial charge in [0.2, 0.25) is 0 Å². The highest BCUT2D eigenvalue weighted by Gasteiger charge is 2.24. The van der Waals surface area contributed by atoms with E-state index in [1.165, 1.54) is 0 Å². The predicted molar refractivity (Wildman–Crippen MR) is 42.7 cm³/mol. The molecule has 0 aromatic heterocycles. The van der Waals surface area contributed by atoms with Gasteiger partial charge >= 0.3 is 5.97 Å². The molecule has 1 aromatic rings. The van der Waals surface area contributed by atoms with Gasteiger partial charge in [-0.15, -0.1) is 0 Å². The lowest BCUT2D eigenvalue weighted by atomic mass is 10.1. The highest BCUT2D eigenvalue weighted by Crippen LogP contribution is 2.35. The second kappa shape index (κ2) is 2.24. The van der Waals surface area contributed by atoms with Crippen LogP contribution in [0.3, 0.4) is 0 Å². The average molecular weight is 164 g/mol. The number of benzene rings is 1. The number of carbonyl (C=O) groups is 1. The minimum atomic E-state index is -0.286. The van der Waals surface area contributed by atoms with Crippen molar-refractivity contribution < 1.29 is 14.3 Å². The molecular weight excluding hydrogens is 156 g/mol. The fourth-order valence-corrected chi connectivity index (χ4v) is 1.28. The lowest BCUT2D eigenvalue weighted by molar-refractivity contribution is 0.0751. The second-order valence-corrected chi connectivity index (χ2v) is 2.71. The number of hydrogen-bond donors (Lipinski definition) is 0. The lowest BCUT2D eigenvalue weighted by Gasteiger charge is -2.00. The first-order valence-electron chi connectivity index (χ1n) is 3.63. The summed E-state index contributed by atoms with van der Waals surface area (Å²) in [7, 11) is 1.55. The number of carbonyl (C=O) groups excluding carboxylic acids is 1. The van der Waals surface area contributed by atoms with E-state index in [2.05, 4.69) is 0 Å². The molecule has 3 nitrogen and oxygen atoms in total. The van der Waals surface area contributed by atoms with E-state index < -0.39 is 0 Å². The molecule has 0 fully saturated rings. The van der Waals surface area contributed by atoms with E-state index in [0.717, 1.165) is 5.56 Å². The van der Waals surface area contributed by atoms with Crippen molar-refractivity contribution in [2.24, 2.45) is 0 Å². The van der Waals surface area contributed by atoms with E-state index in [4.69, 9.17) is 9.47 Å². The van der Waals surface area contributed by atoms with E-state index >= 15 is 0 Å². The summed E-state index contributed by atoms with van der Waals surface area (Å²) in [5.41, 5.74) is 1.52. The standard InChI is InChI=1S/C9H8O3/c1-5-3-7(11-2)8-4-6(5)9(10)12-8/h3-4H,1-2H3. The molecule has 0 saturated carbocycles. The van der Waals surface area contributed by atoms with E-state index in [0.29, 0.717) is 17.1 Å². The van der Waals surface area contributed by atoms with Gasteiger partial charge in [0.1, 0.15) is 0 Å². The zero-order valence-corrected chi connectivity index (χ0v) is 6.88. The van der Waals surface area contributed by atoms with Gasteiger partial charge in [0.25, 0.3) is 0 Å². The summed E-state index contributed by atoms with van der Waals surface area (Å²) in [4.78, 5) is 11.1. The summed E-state index contributed by atoms with van der Waals surface area (Å²) >= 11 is 0. The van der Waals surface area contributed by atoms with Crippen LogP contribution in [0.15, 0.2) is 12.1 Å². The molecule has 0 atom stereocenters. The fourth-order valence-electron chi connectivity index (χ4n) is 1.28. The molecule has 3 heteroatoms. The Kier molecular flexibility index (Phi) is 1.33. The van der Waals surface area contributed by atoms with Crippen LogP contribution in [-0.2, 0) is 0 Å². The maximum atomic E-state index is 11.1. The second-order valence-electron chi connectivity index (χ2n) is 2.71. The van der Waals surface area contributed by atoms with Gasteiger partial charge in [0.15, 0.2) is 11.5 Å². The Labute approximate surface area is 69.9 Å². The SMILES string of the molecule is COc1cc(C)c2cc1OC2=O. The molecule has 0 unspecified atom stereocenters. The van der Waals surface area contributed by atoms with Crippen LogP contribution in [0.1, 0.15) is 15.9 Å². The third-order valence-electron chi connectivity index (χ3n) is 1.93. The molecule has 2 bridgehead atoms. The average Bonchev–Trinajstić information content (AvgIpc) is 2.38. The summed E-state index contributed by atoms with van der Waals surface area (Å²) in [5.74, 6) is 0.844. The smallest absolute Gasteiger partial charge is 0.344 e. The highest BCUT2D eigenvalue weighted by atomic mass is 16.6. The Morgan fingerprint density at radius 2 is 2.17 bits per heavy atom. The van der Waals surface area contributed by atoms with Gasteiger partial charge in [-0.3, -0.25) is 0 Å². The monoisotopic (exact) mass is 164 g/mol. The van der Waals surface area contributed by atoms with E-state index in [-0.39, 0.29) is 5.97 Å². The molecule has 12 heavy (non-hydrogen) atoms. The van der Waals surface area contributed by atoms with Crippen molar-refractivity contribution in [3.63, 3.8) is 0 Å². The van der Waals surface area contributed by atoms with Crippen molar-refractivity contribution in [3.05, 3.63) is 23.3 Å². The molecule has 0 aliphatic carbocycles. The lowest BCUT2D eigenvalue weighted by Crippen LogP contribution is -2.00. The molecule has 1 heterocycles. The van der Waals surface area contributed by atoms with Crippen molar-refractivity contribution >= 4 is 5.97 Å². The normalized spacial score (nSPS) is 13.0. The van der Waals surface area contributed by atoms with Crippen molar-refractivity contribution in [2.75, 3.05) is 7.11 Å². The van der Waals surface area contributed by atoms with Crippen molar-refractivity contribution in [1.82, 2.24) is 0 Å². The molecule has 2 rings (SSSR count). The molecule has 1 aromatic carbocycles. The number of methoxy groups -OCH3 is 1. The Hall–Kier alpha value is -1.51. The van der Waals surface area contributed by atoms with E-state index in [9.17, 15) is 4.79 Å². The summed E-state index contributed by atoms with van der Waals surface area (Å²) in [6.07, 6.45) is 0. The molecule has 0 N–H and O–H groups in total. The van der Waals surface area contributed by atoms with Crippen LogP contribution in [0.2, 0.25) is 0 Å². The van der Waals surface area contributed by atoms with Crippen LogP contribution in [-0.4, -0.2) is 13.1 Å². The number of fused-ring (bicyclic) bond motifs is 2. The maximum Gasteiger partial charge on any atom is 0.344 e. The van der Waals surface area contributed by atoms with Gasteiger partial charge in [-0.25, -0.2) is 4.79 Å². The van der Waals surface area contributed by atoms with Gasteiger partial charge in [-0.2, -0.15) is 0 Å². The van der Waals surface area contributed by atoms with Crippen molar-refractivity contribution in [1.29, 1.82) is 0 Å². The van der Waals surface area contributed by atoms with Gasteiger partial charge in [-0.1, -0.05) is 0 Å². The van der Waals surface area contributed by atoms with E-state index in [1.54, 1.807) is 19.2 Å². The largest absolute Gasteiger partial charge is 0.493 e. The number of hydrogen-bond acceptors (Lipinski definition) is 3. The molecule has 1 aliphatic rings. The van der Waals surface area contributed by atoms with Crippen LogP contribution in [0.5, 0.6) is 11.5 Å². The molecule has 0 amide bonds. The summed E-state index contributed by atoms with van der Waals surface area (Å²) in [6.45, 7) is 1.86. The Bertz CT molecular complexity index is 355. The summed E-state index contributed by atoms with van der Waals surface area (Å²) in [5, 5.41) is 0. The zero-order valence-electron chi connectivity index (χ0n) is 6.88. The third-order valence-corrected chi connectivity index (χ3v) is 1.93. The first-order chi connectivity index (χ1) is 5.72. The molecule has 0 radical (unpaired) electrons. The summed E-state index contributed by atoms with van der Waals surface area (Å²) in [6, 6.07) is 3.51. The molecule has 0 spiro atoms. The Morgan fingerprint density at radius 1 is 1.42 bits per heavy atom. The van der Waals surface area contributed by atoms with Crippen LogP contribution in [0.4, 0.5) is 0 Å². The summed E-state index contributed by atoms with van der Waals surface area (Å²) < 4.78 is 9.95. The predicted octanol–water partition coefficient (Wildman–Crippen LogP) is 1.54. The minimum Gasteiger partial charge on any atom is -0.493 e. The minimum absolute atomic E-state index is 0.286. The topological polar surface area (TPSA) is 35.5 Å². The molecule has 0 saturated heterocycles. The van der Waals surface area contributed by atoms with Gasteiger partial charge in [0, 0.05) is 0 Å².